The van der Waals surface area contributed by atoms with Crippen LogP contribution in [-0.2, 0) is 21.1 Å². The first-order valence-electron chi connectivity index (χ1n) is 8.99. The first-order chi connectivity index (χ1) is 12.8. The molecule has 2 aromatic rings. The second-order valence-corrected chi connectivity index (χ2v) is 8.08. The molecule has 0 fully saturated rings. The molecule has 142 valence electrons. The Hall–Kier alpha value is -1.43. The summed E-state index contributed by atoms with van der Waals surface area (Å²) in [5.74, 6) is 2.13. The molecule has 0 atom stereocenters. The third-order valence-electron chi connectivity index (χ3n) is 3.19. The molecule has 0 unspecified atom stereocenters. The lowest BCUT2D eigenvalue weighted by atomic mass is 10.2. The maximum atomic E-state index is 10.7. The van der Waals surface area contributed by atoms with Gasteiger partial charge >= 0.3 is 0 Å². The minimum absolute atomic E-state index is 0.0315. The van der Waals surface area contributed by atoms with Crippen molar-refractivity contribution in [2.24, 2.45) is 0 Å². The third-order valence-corrected chi connectivity index (χ3v) is 5.47. The number of nitrogens with one attached hydrogen (secondary N) is 1. The zero-order valence-corrected chi connectivity index (χ0v) is 17.3. The average molecular weight is 392 g/mol. The zero-order valence-electron chi connectivity index (χ0n) is 15.6. The molecule has 0 heterocycles. The number of carbonyl (C=O) groups excluding carboxylic acids is 1. The Labute approximate surface area is 165 Å². The van der Waals surface area contributed by atoms with E-state index in [9.17, 15) is 4.79 Å². The maximum absolute atomic E-state index is 10.7. The SMILES string of the molecule is CCCONC(=O)CCC.c1ccc(CSSCc2ccccc2)cc1. The predicted molar refractivity (Wildman–Crippen MR) is 115 cm³/mol. The van der Waals surface area contributed by atoms with Crippen molar-refractivity contribution in [2.75, 3.05) is 6.61 Å². The van der Waals surface area contributed by atoms with Crippen LogP contribution in [0.15, 0.2) is 60.7 Å². The molecule has 0 bridgehead atoms. The van der Waals surface area contributed by atoms with Gasteiger partial charge in [-0.1, -0.05) is 96.1 Å². The molecule has 5 heteroatoms. The van der Waals surface area contributed by atoms with Crippen molar-refractivity contribution in [3.63, 3.8) is 0 Å². The number of benzene rings is 2. The summed E-state index contributed by atoms with van der Waals surface area (Å²) in [6.07, 6.45) is 2.33. The van der Waals surface area contributed by atoms with E-state index in [0.29, 0.717) is 13.0 Å². The van der Waals surface area contributed by atoms with Gasteiger partial charge in [0, 0.05) is 17.9 Å². The van der Waals surface area contributed by atoms with E-state index in [4.69, 9.17) is 4.84 Å². The van der Waals surface area contributed by atoms with Crippen molar-refractivity contribution in [3.8, 4) is 0 Å². The van der Waals surface area contributed by atoms with E-state index in [-0.39, 0.29) is 5.91 Å². The van der Waals surface area contributed by atoms with E-state index < -0.39 is 0 Å². The fraction of sp³-hybridized carbons (Fsp3) is 0.381. The molecule has 26 heavy (non-hydrogen) atoms. The molecular formula is C21H29NO2S2. The van der Waals surface area contributed by atoms with Crippen LogP contribution in [0, 0.1) is 0 Å². The monoisotopic (exact) mass is 391 g/mol. The summed E-state index contributed by atoms with van der Waals surface area (Å²) in [7, 11) is 3.84. The Balaban J connectivity index is 0.000000294. The van der Waals surface area contributed by atoms with E-state index in [1.807, 2.05) is 35.4 Å². The first-order valence-corrected chi connectivity index (χ1v) is 11.5. The predicted octanol–water partition coefficient (Wildman–Crippen LogP) is 6.01. The zero-order chi connectivity index (χ0) is 18.9. The van der Waals surface area contributed by atoms with E-state index in [2.05, 4.69) is 66.1 Å². The van der Waals surface area contributed by atoms with Gasteiger partial charge in [-0.2, -0.15) is 0 Å². The van der Waals surface area contributed by atoms with Crippen LogP contribution < -0.4 is 5.48 Å². The maximum Gasteiger partial charge on any atom is 0.243 e. The molecule has 0 radical (unpaired) electrons. The van der Waals surface area contributed by atoms with Crippen LogP contribution in [0.3, 0.4) is 0 Å². The highest BCUT2D eigenvalue weighted by atomic mass is 33.1. The van der Waals surface area contributed by atoms with Crippen LogP contribution in [0.5, 0.6) is 0 Å². The Bertz CT molecular complexity index is 538. The molecule has 0 aliphatic heterocycles. The normalized spacial score (nSPS) is 9.92. The first kappa shape index (κ1) is 22.6. The summed E-state index contributed by atoms with van der Waals surface area (Å²) >= 11 is 0. The van der Waals surface area contributed by atoms with Gasteiger partial charge in [-0.15, -0.1) is 0 Å². The van der Waals surface area contributed by atoms with Crippen LogP contribution in [0.2, 0.25) is 0 Å². The fourth-order valence-electron chi connectivity index (χ4n) is 1.88. The molecule has 0 spiro atoms. The Kier molecular flexibility index (Phi) is 13.7. The van der Waals surface area contributed by atoms with Gasteiger partial charge in [0.05, 0.1) is 6.61 Å². The fourth-order valence-corrected chi connectivity index (χ4v) is 4.02. The molecule has 2 rings (SSSR count). The van der Waals surface area contributed by atoms with Crippen molar-refractivity contribution in [1.82, 2.24) is 5.48 Å². The Morgan fingerprint density at radius 3 is 1.77 bits per heavy atom. The molecule has 0 saturated heterocycles. The lowest BCUT2D eigenvalue weighted by Crippen LogP contribution is -2.23. The molecule has 3 nitrogen and oxygen atoms in total. The number of hydrogen-bond donors (Lipinski definition) is 1. The van der Waals surface area contributed by atoms with Crippen molar-refractivity contribution in [3.05, 3.63) is 71.8 Å². The number of carbonyl (C=O) groups is 1. The smallest absolute Gasteiger partial charge is 0.243 e. The summed E-state index contributed by atoms with van der Waals surface area (Å²) in [5.41, 5.74) is 5.14. The summed E-state index contributed by atoms with van der Waals surface area (Å²) in [5, 5.41) is 0. The molecule has 1 N–H and O–H groups in total. The molecule has 0 saturated carbocycles. The van der Waals surface area contributed by atoms with Crippen molar-refractivity contribution >= 4 is 27.5 Å². The van der Waals surface area contributed by atoms with Crippen LogP contribution >= 0.6 is 21.6 Å². The van der Waals surface area contributed by atoms with Crippen LogP contribution in [0.4, 0.5) is 0 Å². The number of hydrogen-bond acceptors (Lipinski definition) is 4. The number of rotatable bonds is 10. The van der Waals surface area contributed by atoms with E-state index in [1.54, 1.807) is 0 Å². The number of hydroxylamine groups is 1. The molecule has 2 aromatic carbocycles. The summed E-state index contributed by atoms with van der Waals surface area (Å²) in [6, 6.07) is 21.2. The van der Waals surface area contributed by atoms with Gasteiger partial charge in [0.2, 0.25) is 5.91 Å². The highest BCUT2D eigenvalue weighted by molar-refractivity contribution is 8.76. The van der Waals surface area contributed by atoms with Gasteiger partial charge in [-0.25, -0.2) is 5.48 Å². The standard InChI is InChI=1S/C14H14S2.C7H15NO2/c1-3-7-13(8-4-1)11-15-16-12-14-9-5-2-6-10-14;1-3-5-7(9)8-10-6-4-2/h1-10H,11-12H2;3-6H2,1-2H3,(H,8,9). The van der Waals surface area contributed by atoms with Crippen LogP contribution in [-0.4, -0.2) is 12.5 Å². The van der Waals surface area contributed by atoms with Crippen LogP contribution in [0.1, 0.15) is 44.2 Å². The molecule has 0 aliphatic rings. The van der Waals surface area contributed by atoms with Gasteiger partial charge < -0.3 is 0 Å². The lowest BCUT2D eigenvalue weighted by Gasteiger charge is -2.01. The van der Waals surface area contributed by atoms with E-state index in [1.165, 1.54) is 11.1 Å². The Morgan fingerprint density at radius 1 is 0.846 bits per heavy atom. The van der Waals surface area contributed by atoms with E-state index in [0.717, 1.165) is 24.3 Å². The van der Waals surface area contributed by atoms with Gasteiger partial charge in [-0.3, -0.25) is 9.63 Å². The van der Waals surface area contributed by atoms with Crippen molar-refractivity contribution in [1.29, 1.82) is 0 Å². The summed E-state index contributed by atoms with van der Waals surface area (Å²) < 4.78 is 0. The summed E-state index contributed by atoms with van der Waals surface area (Å²) in [6.45, 7) is 4.54. The van der Waals surface area contributed by atoms with Crippen LogP contribution in [0.25, 0.3) is 0 Å². The third kappa shape index (κ3) is 12.0. The second-order valence-electron chi connectivity index (χ2n) is 5.62. The number of amides is 1. The molecule has 0 aromatic heterocycles. The second kappa shape index (κ2) is 15.8. The molecular weight excluding hydrogens is 362 g/mol. The quantitative estimate of drug-likeness (QED) is 0.306. The van der Waals surface area contributed by atoms with E-state index >= 15 is 0 Å². The van der Waals surface area contributed by atoms with Crippen molar-refractivity contribution in [2.45, 2.75) is 44.6 Å². The molecule has 1 amide bonds. The molecule has 0 aliphatic carbocycles. The minimum Gasteiger partial charge on any atom is -0.274 e. The average Bonchev–Trinajstić information content (AvgIpc) is 2.68. The Morgan fingerprint density at radius 2 is 1.35 bits per heavy atom. The summed E-state index contributed by atoms with van der Waals surface area (Å²) in [4.78, 5) is 15.5. The van der Waals surface area contributed by atoms with Gasteiger partial charge in [0.15, 0.2) is 0 Å². The highest BCUT2D eigenvalue weighted by Gasteiger charge is 1.96. The lowest BCUT2D eigenvalue weighted by molar-refractivity contribution is -0.133. The topological polar surface area (TPSA) is 38.3 Å². The van der Waals surface area contributed by atoms with Crippen molar-refractivity contribution < 1.29 is 9.63 Å². The largest absolute Gasteiger partial charge is 0.274 e. The van der Waals surface area contributed by atoms with Gasteiger partial charge in [0.25, 0.3) is 0 Å². The van der Waals surface area contributed by atoms with Gasteiger partial charge in [-0.05, 0) is 24.0 Å². The van der Waals surface area contributed by atoms with Gasteiger partial charge in [0.1, 0.15) is 0 Å². The highest BCUT2D eigenvalue weighted by Crippen LogP contribution is 2.29. The minimum atomic E-state index is -0.0315.